The molecule has 0 radical (unpaired) electrons. The van der Waals surface area contributed by atoms with Crippen LogP contribution in [0.15, 0.2) is 54.6 Å². The Hall–Kier alpha value is -3.87. The number of carbonyl (C=O) groups excluding carboxylic acids is 1. The first-order chi connectivity index (χ1) is 13.9. The molecule has 2 amide bonds. The molecule has 3 aromatic carbocycles. The Balaban J connectivity index is 1.57. The fourth-order valence-corrected chi connectivity index (χ4v) is 3.45. The number of rotatable bonds is 3. The van der Waals surface area contributed by atoms with Crippen molar-refractivity contribution in [3.05, 3.63) is 71.5 Å². The maximum atomic E-state index is 14.7. The van der Waals surface area contributed by atoms with Crippen molar-refractivity contribution in [1.29, 1.82) is 0 Å². The van der Waals surface area contributed by atoms with E-state index in [4.69, 9.17) is 5.73 Å². The highest BCUT2D eigenvalue weighted by atomic mass is 19.1. The number of aryl methyl sites for hydroxylation is 2. The van der Waals surface area contributed by atoms with Gasteiger partial charge in [-0.25, -0.2) is 9.18 Å². The first kappa shape index (κ1) is 18.5. The Morgan fingerprint density at radius 1 is 1.03 bits per heavy atom. The number of aromatic amines is 1. The second kappa shape index (κ2) is 7.27. The molecular formula is C22H20FN5O. The summed E-state index contributed by atoms with van der Waals surface area (Å²) in [5, 5.41) is 12.9. The van der Waals surface area contributed by atoms with E-state index in [1.165, 1.54) is 12.1 Å². The summed E-state index contributed by atoms with van der Waals surface area (Å²) in [5.74, 6) is -0.192. The molecule has 0 spiro atoms. The molecule has 0 aliphatic rings. The SMILES string of the molecule is Cc1cc(C)cc(NC(=O)Nc2ccc(-c3cccc4[nH]nc(N)c34)cc2F)c1. The standard InChI is InChI=1S/C22H20FN5O/c1-12-8-13(2)10-15(9-12)25-22(29)26-18-7-6-14(11-17(18)23)16-4-3-5-19-20(16)21(24)28-27-19/h3-11H,1-2H3,(H3,24,27,28)(H2,25,26,29). The zero-order valence-corrected chi connectivity index (χ0v) is 16.0. The van der Waals surface area contributed by atoms with E-state index < -0.39 is 11.8 Å². The minimum Gasteiger partial charge on any atom is -0.382 e. The van der Waals surface area contributed by atoms with E-state index in [0.717, 1.165) is 27.6 Å². The molecule has 4 aromatic rings. The van der Waals surface area contributed by atoms with Gasteiger partial charge in [-0.15, -0.1) is 0 Å². The van der Waals surface area contributed by atoms with Crippen molar-refractivity contribution in [1.82, 2.24) is 10.2 Å². The van der Waals surface area contributed by atoms with Crippen LogP contribution in [0, 0.1) is 19.7 Å². The number of halogens is 1. The monoisotopic (exact) mass is 389 g/mol. The number of fused-ring (bicyclic) bond motifs is 1. The Morgan fingerprint density at radius 2 is 1.79 bits per heavy atom. The second-order valence-electron chi connectivity index (χ2n) is 6.99. The number of aromatic nitrogens is 2. The number of nitrogens with zero attached hydrogens (tertiary/aromatic N) is 1. The Morgan fingerprint density at radius 3 is 2.52 bits per heavy atom. The summed E-state index contributed by atoms with van der Waals surface area (Å²) < 4.78 is 14.7. The highest BCUT2D eigenvalue weighted by Gasteiger charge is 2.13. The van der Waals surface area contributed by atoms with Gasteiger partial charge in [-0.1, -0.05) is 24.3 Å². The van der Waals surface area contributed by atoms with Crippen molar-refractivity contribution in [2.24, 2.45) is 0 Å². The third-order valence-electron chi connectivity index (χ3n) is 4.63. The van der Waals surface area contributed by atoms with E-state index in [2.05, 4.69) is 20.8 Å². The van der Waals surface area contributed by atoms with Gasteiger partial charge in [0.25, 0.3) is 0 Å². The molecule has 0 saturated carbocycles. The van der Waals surface area contributed by atoms with Gasteiger partial charge in [-0.2, -0.15) is 5.10 Å². The van der Waals surface area contributed by atoms with E-state index in [0.29, 0.717) is 17.1 Å². The van der Waals surface area contributed by atoms with Crippen molar-refractivity contribution in [2.75, 3.05) is 16.4 Å². The van der Waals surface area contributed by atoms with Crippen LogP contribution >= 0.6 is 0 Å². The van der Waals surface area contributed by atoms with Gasteiger partial charge in [0.2, 0.25) is 0 Å². The van der Waals surface area contributed by atoms with Crippen LogP contribution in [-0.4, -0.2) is 16.2 Å². The van der Waals surface area contributed by atoms with Crippen molar-refractivity contribution in [3.63, 3.8) is 0 Å². The van der Waals surface area contributed by atoms with Gasteiger partial charge in [0.1, 0.15) is 5.82 Å². The topological polar surface area (TPSA) is 95.8 Å². The van der Waals surface area contributed by atoms with Crippen LogP contribution in [0.25, 0.3) is 22.0 Å². The van der Waals surface area contributed by atoms with Crippen LogP contribution in [0.3, 0.4) is 0 Å². The molecule has 0 saturated heterocycles. The van der Waals surface area contributed by atoms with Crippen LogP contribution < -0.4 is 16.4 Å². The van der Waals surface area contributed by atoms with Gasteiger partial charge < -0.3 is 16.4 Å². The lowest BCUT2D eigenvalue weighted by Crippen LogP contribution is -2.20. The van der Waals surface area contributed by atoms with E-state index in [1.807, 2.05) is 50.2 Å². The lowest BCUT2D eigenvalue weighted by Gasteiger charge is -2.11. The number of carbonyl (C=O) groups is 1. The molecule has 0 bridgehead atoms. The predicted octanol–water partition coefficient (Wildman–Crippen LogP) is 5.21. The van der Waals surface area contributed by atoms with Crippen LogP contribution in [0.1, 0.15) is 11.1 Å². The number of nitrogen functional groups attached to an aromatic ring is 1. The molecular weight excluding hydrogens is 369 g/mol. The van der Waals surface area contributed by atoms with Crippen molar-refractivity contribution in [3.8, 4) is 11.1 Å². The predicted molar refractivity (Wildman–Crippen MR) is 114 cm³/mol. The smallest absolute Gasteiger partial charge is 0.323 e. The molecule has 5 N–H and O–H groups in total. The lowest BCUT2D eigenvalue weighted by molar-refractivity contribution is 0.262. The maximum absolute atomic E-state index is 14.7. The van der Waals surface area contributed by atoms with E-state index in [-0.39, 0.29) is 5.69 Å². The zero-order valence-electron chi connectivity index (χ0n) is 16.0. The van der Waals surface area contributed by atoms with Crippen LogP contribution in [0.5, 0.6) is 0 Å². The molecule has 0 atom stereocenters. The Kier molecular flexibility index (Phi) is 4.64. The average molecular weight is 389 g/mol. The van der Waals surface area contributed by atoms with Crippen molar-refractivity contribution >= 4 is 34.1 Å². The van der Waals surface area contributed by atoms with E-state index in [9.17, 15) is 9.18 Å². The molecule has 6 nitrogen and oxygen atoms in total. The number of H-pyrrole nitrogens is 1. The summed E-state index contributed by atoms with van der Waals surface area (Å²) in [4.78, 5) is 12.3. The Labute approximate surface area is 166 Å². The molecule has 1 aromatic heterocycles. The summed E-state index contributed by atoms with van der Waals surface area (Å²) >= 11 is 0. The third kappa shape index (κ3) is 3.75. The number of hydrogen-bond donors (Lipinski definition) is 4. The van der Waals surface area contributed by atoms with Gasteiger partial charge in [-0.05, 0) is 66.4 Å². The molecule has 0 aliphatic heterocycles. The van der Waals surface area contributed by atoms with Crippen molar-refractivity contribution in [2.45, 2.75) is 13.8 Å². The highest BCUT2D eigenvalue weighted by molar-refractivity contribution is 6.02. The molecule has 146 valence electrons. The first-order valence-electron chi connectivity index (χ1n) is 9.09. The number of amides is 2. The largest absolute Gasteiger partial charge is 0.382 e. The summed E-state index contributed by atoms with van der Waals surface area (Å²) in [7, 11) is 0. The number of hydrogen-bond acceptors (Lipinski definition) is 3. The summed E-state index contributed by atoms with van der Waals surface area (Å²) in [5.41, 5.74) is 10.9. The van der Waals surface area contributed by atoms with E-state index in [1.54, 1.807) is 6.07 Å². The molecule has 7 heteroatoms. The maximum Gasteiger partial charge on any atom is 0.323 e. The van der Waals surface area contributed by atoms with Gasteiger partial charge >= 0.3 is 6.03 Å². The van der Waals surface area contributed by atoms with Crippen LogP contribution in [-0.2, 0) is 0 Å². The second-order valence-corrected chi connectivity index (χ2v) is 6.99. The fraction of sp³-hybridized carbons (Fsp3) is 0.0909. The average Bonchev–Trinajstić information content (AvgIpc) is 3.04. The molecule has 29 heavy (non-hydrogen) atoms. The number of nitrogens with one attached hydrogen (secondary N) is 3. The molecule has 0 unspecified atom stereocenters. The molecule has 0 fully saturated rings. The zero-order chi connectivity index (χ0) is 20.5. The van der Waals surface area contributed by atoms with Gasteiger partial charge in [0.15, 0.2) is 5.82 Å². The molecule has 0 aliphatic carbocycles. The van der Waals surface area contributed by atoms with Gasteiger partial charge in [0, 0.05) is 5.69 Å². The minimum absolute atomic E-state index is 0.0861. The number of urea groups is 1. The minimum atomic E-state index is -0.544. The van der Waals surface area contributed by atoms with Crippen LogP contribution in [0.2, 0.25) is 0 Å². The van der Waals surface area contributed by atoms with E-state index >= 15 is 0 Å². The van der Waals surface area contributed by atoms with Gasteiger partial charge in [-0.3, -0.25) is 5.10 Å². The molecule has 1 heterocycles. The summed E-state index contributed by atoms with van der Waals surface area (Å²) in [6.45, 7) is 3.89. The Bertz CT molecular complexity index is 1210. The number of anilines is 3. The first-order valence-corrected chi connectivity index (χ1v) is 9.09. The number of nitrogens with two attached hydrogens (primary N) is 1. The highest BCUT2D eigenvalue weighted by Crippen LogP contribution is 2.32. The number of benzene rings is 3. The third-order valence-corrected chi connectivity index (χ3v) is 4.63. The lowest BCUT2D eigenvalue weighted by atomic mass is 10.0. The quantitative estimate of drug-likeness (QED) is 0.387. The molecule has 4 rings (SSSR count). The summed E-state index contributed by atoms with van der Waals surface area (Å²) in [6.07, 6.45) is 0. The fourth-order valence-electron chi connectivity index (χ4n) is 3.45. The summed E-state index contributed by atoms with van der Waals surface area (Å²) in [6, 6.07) is 15.4. The van der Waals surface area contributed by atoms with Crippen molar-refractivity contribution < 1.29 is 9.18 Å². The van der Waals surface area contributed by atoms with Crippen LogP contribution in [0.4, 0.5) is 26.4 Å². The normalized spacial score (nSPS) is 10.9. The van der Waals surface area contributed by atoms with Gasteiger partial charge in [0.05, 0.1) is 16.6 Å².